The van der Waals surface area contributed by atoms with E-state index in [1.54, 1.807) is 0 Å². The number of aromatic nitrogens is 3. The van der Waals surface area contributed by atoms with Crippen molar-refractivity contribution in [3.8, 4) is 0 Å². The summed E-state index contributed by atoms with van der Waals surface area (Å²) in [4.78, 5) is 0. The molecule has 1 aromatic rings. The van der Waals surface area contributed by atoms with E-state index >= 15 is 0 Å². The van der Waals surface area contributed by atoms with Crippen LogP contribution in [0.15, 0.2) is 6.20 Å². The van der Waals surface area contributed by atoms with Gasteiger partial charge in [-0.15, -0.1) is 5.10 Å². The molecule has 22 heavy (non-hydrogen) atoms. The molecule has 0 aliphatic heterocycles. The predicted octanol–water partition coefficient (Wildman–Crippen LogP) is 5.02. The van der Waals surface area contributed by atoms with Gasteiger partial charge >= 0.3 is 0 Å². The van der Waals surface area contributed by atoms with Gasteiger partial charge in [0.05, 0.1) is 5.69 Å². The molecule has 0 saturated heterocycles. The van der Waals surface area contributed by atoms with Crippen LogP contribution in [0.4, 0.5) is 0 Å². The van der Waals surface area contributed by atoms with E-state index in [4.69, 9.17) is 4.74 Å². The van der Waals surface area contributed by atoms with E-state index in [1.807, 2.05) is 18.5 Å². The molecular weight excluding hydrogens is 274 g/mol. The molecule has 4 nitrogen and oxygen atoms in total. The van der Waals surface area contributed by atoms with Crippen LogP contribution < -0.4 is 0 Å². The Balaban J connectivity index is 0.00000211. The van der Waals surface area contributed by atoms with Gasteiger partial charge in [-0.1, -0.05) is 65.0 Å². The zero-order valence-electron chi connectivity index (χ0n) is 15.3. The fourth-order valence-electron chi connectivity index (χ4n) is 2.18. The zero-order chi connectivity index (χ0) is 16.5. The van der Waals surface area contributed by atoms with E-state index < -0.39 is 0 Å². The summed E-state index contributed by atoms with van der Waals surface area (Å²) in [7, 11) is 0. The second-order valence-electron chi connectivity index (χ2n) is 5.46. The number of hydrogen-bond donors (Lipinski definition) is 0. The van der Waals surface area contributed by atoms with Gasteiger partial charge in [0.15, 0.2) is 0 Å². The standard InChI is InChI=1S/C16H31N3O.C2H6/c1-3-5-7-8-11-16-15-19(18-17-16)12-10-14-20-13-9-6-4-2;1-2/h15H,3-14H2,1-2H3;1-2H3. The third-order valence-corrected chi connectivity index (χ3v) is 3.44. The lowest BCUT2D eigenvalue weighted by atomic mass is 10.1. The highest BCUT2D eigenvalue weighted by Gasteiger charge is 2.00. The Kier molecular flexibility index (Phi) is 15.8. The fraction of sp³-hybridized carbons (Fsp3) is 0.889. The number of nitrogens with zero attached hydrogens (tertiary/aromatic N) is 3. The maximum Gasteiger partial charge on any atom is 0.0827 e. The Labute approximate surface area is 137 Å². The summed E-state index contributed by atoms with van der Waals surface area (Å²) >= 11 is 0. The minimum Gasteiger partial charge on any atom is -0.381 e. The van der Waals surface area contributed by atoms with Gasteiger partial charge in [-0.2, -0.15) is 0 Å². The van der Waals surface area contributed by atoms with Gasteiger partial charge in [-0.25, -0.2) is 0 Å². The number of aryl methyl sites for hydroxylation is 2. The molecule has 0 fully saturated rings. The van der Waals surface area contributed by atoms with Gasteiger partial charge < -0.3 is 4.74 Å². The number of rotatable bonds is 13. The second-order valence-corrected chi connectivity index (χ2v) is 5.46. The minimum absolute atomic E-state index is 0.829. The monoisotopic (exact) mass is 311 g/mol. The lowest BCUT2D eigenvalue weighted by Gasteiger charge is -2.03. The molecule has 1 rings (SSSR count). The average molecular weight is 312 g/mol. The molecule has 0 N–H and O–H groups in total. The first-order valence-corrected chi connectivity index (χ1v) is 9.33. The molecule has 0 radical (unpaired) electrons. The largest absolute Gasteiger partial charge is 0.381 e. The number of unbranched alkanes of at least 4 members (excludes halogenated alkanes) is 5. The van der Waals surface area contributed by atoms with E-state index in [2.05, 4.69) is 30.4 Å². The maximum atomic E-state index is 5.59. The molecule has 0 atom stereocenters. The zero-order valence-corrected chi connectivity index (χ0v) is 15.3. The van der Waals surface area contributed by atoms with Crippen LogP contribution >= 0.6 is 0 Å². The molecule has 1 aromatic heterocycles. The van der Waals surface area contributed by atoms with Crippen molar-refractivity contribution in [1.82, 2.24) is 15.0 Å². The maximum absolute atomic E-state index is 5.59. The lowest BCUT2D eigenvalue weighted by Crippen LogP contribution is -2.04. The topological polar surface area (TPSA) is 39.9 Å². The molecule has 0 unspecified atom stereocenters. The second kappa shape index (κ2) is 16.5. The van der Waals surface area contributed by atoms with E-state index in [1.165, 1.54) is 44.9 Å². The van der Waals surface area contributed by atoms with Gasteiger partial charge in [0.2, 0.25) is 0 Å². The summed E-state index contributed by atoms with van der Waals surface area (Å²) in [5.74, 6) is 0. The van der Waals surface area contributed by atoms with Crippen molar-refractivity contribution in [1.29, 1.82) is 0 Å². The lowest BCUT2D eigenvalue weighted by molar-refractivity contribution is 0.124. The molecule has 0 amide bonds. The highest BCUT2D eigenvalue weighted by atomic mass is 16.5. The van der Waals surface area contributed by atoms with Crippen molar-refractivity contribution in [2.45, 2.75) is 92.0 Å². The summed E-state index contributed by atoms with van der Waals surface area (Å²) in [5, 5.41) is 8.40. The van der Waals surface area contributed by atoms with Crippen LogP contribution in [0.1, 0.15) is 84.8 Å². The Bertz CT molecular complexity index is 326. The SMILES string of the molecule is CC.CCCCCCc1cn(CCCOCCCCC)nn1. The summed E-state index contributed by atoms with van der Waals surface area (Å²) in [6.07, 6.45) is 13.0. The molecule has 0 aliphatic rings. The van der Waals surface area contributed by atoms with Gasteiger partial charge in [-0.3, -0.25) is 4.68 Å². The molecule has 0 aromatic carbocycles. The Morgan fingerprint density at radius 2 is 1.59 bits per heavy atom. The highest BCUT2D eigenvalue weighted by molar-refractivity contribution is 4.92. The van der Waals surface area contributed by atoms with Gasteiger partial charge in [0, 0.05) is 26.0 Å². The van der Waals surface area contributed by atoms with Crippen molar-refractivity contribution < 1.29 is 4.74 Å². The van der Waals surface area contributed by atoms with Crippen LogP contribution in [0.25, 0.3) is 0 Å². The Hall–Kier alpha value is -0.900. The van der Waals surface area contributed by atoms with Gasteiger partial charge in [-0.05, 0) is 25.7 Å². The highest BCUT2D eigenvalue weighted by Crippen LogP contribution is 2.05. The van der Waals surface area contributed by atoms with Crippen molar-refractivity contribution >= 4 is 0 Å². The first-order valence-electron chi connectivity index (χ1n) is 9.33. The van der Waals surface area contributed by atoms with E-state index in [0.717, 1.165) is 38.3 Å². The summed E-state index contributed by atoms with van der Waals surface area (Å²) < 4.78 is 7.54. The van der Waals surface area contributed by atoms with Crippen LogP contribution in [0.3, 0.4) is 0 Å². The fourth-order valence-corrected chi connectivity index (χ4v) is 2.18. The molecule has 0 saturated carbocycles. The Morgan fingerprint density at radius 1 is 0.909 bits per heavy atom. The normalized spacial score (nSPS) is 10.4. The molecular formula is C18H37N3O. The smallest absolute Gasteiger partial charge is 0.0827 e. The average Bonchev–Trinajstić information content (AvgIpc) is 3.00. The number of ether oxygens (including phenoxy) is 1. The minimum atomic E-state index is 0.829. The van der Waals surface area contributed by atoms with Crippen LogP contribution in [0, 0.1) is 0 Å². The third-order valence-electron chi connectivity index (χ3n) is 3.44. The van der Waals surface area contributed by atoms with Crippen molar-refractivity contribution in [3.63, 3.8) is 0 Å². The van der Waals surface area contributed by atoms with Crippen LogP contribution in [0.5, 0.6) is 0 Å². The molecule has 0 spiro atoms. The van der Waals surface area contributed by atoms with Gasteiger partial charge in [0.1, 0.15) is 0 Å². The predicted molar refractivity (Wildman–Crippen MR) is 94.2 cm³/mol. The summed E-state index contributed by atoms with van der Waals surface area (Å²) in [6, 6.07) is 0. The third kappa shape index (κ3) is 11.7. The first kappa shape index (κ1) is 21.1. The van der Waals surface area contributed by atoms with E-state index in [9.17, 15) is 0 Å². The molecule has 4 heteroatoms. The molecule has 1 heterocycles. The van der Waals surface area contributed by atoms with Crippen LogP contribution in [-0.4, -0.2) is 28.2 Å². The van der Waals surface area contributed by atoms with Crippen LogP contribution in [-0.2, 0) is 17.7 Å². The summed E-state index contributed by atoms with van der Waals surface area (Å²) in [6.45, 7) is 11.1. The Morgan fingerprint density at radius 3 is 2.32 bits per heavy atom. The summed E-state index contributed by atoms with van der Waals surface area (Å²) in [5.41, 5.74) is 1.13. The van der Waals surface area contributed by atoms with Crippen molar-refractivity contribution in [2.24, 2.45) is 0 Å². The van der Waals surface area contributed by atoms with Crippen molar-refractivity contribution in [3.05, 3.63) is 11.9 Å². The number of hydrogen-bond acceptors (Lipinski definition) is 3. The first-order chi connectivity index (χ1) is 10.9. The molecule has 0 bridgehead atoms. The van der Waals surface area contributed by atoms with Gasteiger partial charge in [0.25, 0.3) is 0 Å². The van der Waals surface area contributed by atoms with E-state index in [0.29, 0.717) is 0 Å². The molecule has 0 aliphatic carbocycles. The van der Waals surface area contributed by atoms with Crippen LogP contribution in [0.2, 0.25) is 0 Å². The molecule has 130 valence electrons. The quantitative estimate of drug-likeness (QED) is 0.480. The van der Waals surface area contributed by atoms with E-state index in [-0.39, 0.29) is 0 Å². The van der Waals surface area contributed by atoms with Crippen molar-refractivity contribution in [2.75, 3.05) is 13.2 Å².